The highest BCUT2D eigenvalue weighted by Crippen LogP contribution is 2.59. The van der Waals surface area contributed by atoms with Gasteiger partial charge in [0.1, 0.15) is 6.10 Å². The van der Waals surface area contributed by atoms with Gasteiger partial charge in [-0.15, -0.1) is 0 Å². The number of ether oxygens (including phenoxy) is 4. The van der Waals surface area contributed by atoms with Crippen molar-refractivity contribution < 1.29 is 28.5 Å². The molecule has 26 heavy (non-hydrogen) atoms. The molecule has 1 aliphatic carbocycles. The molecule has 2 bridgehead atoms. The van der Waals surface area contributed by atoms with Crippen LogP contribution >= 0.6 is 0 Å². The Morgan fingerprint density at radius 2 is 1.92 bits per heavy atom. The van der Waals surface area contributed by atoms with E-state index >= 15 is 0 Å². The zero-order valence-corrected chi connectivity index (χ0v) is 14.5. The minimum absolute atomic E-state index is 0.0374. The van der Waals surface area contributed by atoms with Crippen molar-refractivity contribution in [1.82, 2.24) is 0 Å². The van der Waals surface area contributed by atoms with E-state index in [1.165, 1.54) is 0 Å². The highest BCUT2D eigenvalue weighted by atomic mass is 16.8. The van der Waals surface area contributed by atoms with Crippen LogP contribution in [0.4, 0.5) is 0 Å². The molecule has 0 amide bonds. The number of carbonyl (C=O) groups is 2. The van der Waals surface area contributed by atoms with Gasteiger partial charge in [-0.1, -0.05) is 30.3 Å². The molecule has 4 atom stereocenters. The monoisotopic (exact) mass is 356 g/mol. The molecule has 1 aromatic rings. The smallest absolute Gasteiger partial charge is 0.335 e. The summed E-state index contributed by atoms with van der Waals surface area (Å²) >= 11 is 0. The molecule has 0 unspecified atom stereocenters. The SMILES string of the molecule is CCOC(=O)C1=C(c2ccccc2)C(=O)[C@@H]2[C@H]1[C@@H]1O[C@H]2CC12OCCO2. The molecule has 1 aromatic carbocycles. The second kappa shape index (κ2) is 5.74. The van der Waals surface area contributed by atoms with E-state index in [9.17, 15) is 9.59 Å². The second-order valence-corrected chi connectivity index (χ2v) is 7.10. The lowest BCUT2D eigenvalue weighted by Crippen LogP contribution is -2.49. The first-order valence-corrected chi connectivity index (χ1v) is 9.10. The highest BCUT2D eigenvalue weighted by molar-refractivity contribution is 6.30. The summed E-state index contributed by atoms with van der Waals surface area (Å²) in [7, 11) is 0. The van der Waals surface area contributed by atoms with E-state index in [1.54, 1.807) is 6.92 Å². The molecule has 0 N–H and O–H groups in total. The first-order valence-electron chi connectivity index (χ1n) is 9.10. The molecule has 1 spiro atoms. The summed E-state index contributed by atoms with van der Waals surface area (Å²) in [4.78, 5) is 26.1. The number of Topliss-reactive ketones (excluding diaryl/α,β-unsaturated/α-hetero) is 1. The number of fused-ring (bicyclic) bond motifs is 6. The van der Waals surface area contributed by atoms with E-state index in [2.05, 4.69) is 0 Å². The molecule has 5 rings (SSSR count). The quantitative estimate of drug-likeness (QED) is 0.768. The van der Waals surface area contributed by atoms with E-state index in [-0.39, 0.29) is 30.3 Å². The lowest BCUT2D eigenvalue weighted by atomic mass is 9.75. The Balaban J connectivity index is 1.64. The standard InChI is InChI=1S/C20H20O6/c1-2-23-19(22)16-13(11-6-4-3-5-7-11)17(21)14-12-10-20(24-8-9-25-20)18(26-12)15(14)16/h3-7,12,14-15,18H,2,8-10H2,1H3/t12-,14-,15+,18-/m0/s1. The van der Waals surface area contributed by atoms with Crippen LogP contribution in [0.2, 0.25) is 0 Å². The summed E-state index contributed by atoms with van der Waals surface area (Å²) in [5.74, 6) is -2.07. The lowest BCUT2D eigenvalue weighted by molar-refractivity contribution is -0.198. The van der Waals surface area contributed by atoms with Crippen molar-refractivity contribution >= 4 is 17.3 Å². The topological polar surface area (TPSA) is 71.1 Å². The Morgan fingerprint density at radius 3 is 2.62 bits per heavy atom. The van der Waals surface area contributed by atoms with Crippen LogP contribution < -0.4 is 0 Å². The third kappa shape index (κ3) is 2.03. The minimum Gasteiger partial charge on any atom is -0.463 e. The van der Waals surface area contributed by atoms with Gasteiger partial charge in [0.05, 0.1) is 37.4 Å². The van der Waals surface area contributed by atoms with E-state index in [0.29, 0.717) is 30.8 Å². The van der Waals surface area contributed by atoms with Gasteiger partial charge in [0.2, 0.25) is 0 Å². The first-order chi connectivity index (χ1) is 12.7. The molecule has 4 aliphatic rings. The number of hydrogen-bond acceptors (Lipinski definition) is 6. The molecule has 3 heterocycles. The fraction of sp³-hybridized carbons (Fsp3) is 0.500. The van der Waals surface area contributed by atoms with Gasteiger partial charge in [-0.05, 0) is 12.5 Å². The van der Waals surface area contributed by atoms with Crippen molar-refractivity contribution in [3.63, 3.8) is 0 Å². The maximum Gasteiger partial charge on any atom is 0.335 e. The maximum absolute atomic E-state index is 13.3. The third-order valence-corrected chi connectivity index (χ3v) is 5.84. The number of carbonyl (C=O) groups excluding carboxylic acids is 2. The Bertz CT molecular complexity index is 792. The molecule has 0 saturated carbocycles. The largest absolute Gasteiger partial charge is 0.463 e. The number of ketones is 1. The fourth-order valence-corrected chi connectivity index (χ4v) is 4.96. The number of hydrogen-bond donors (Lipinski definition) is 0. The molecule has 3 fully saturated rings. The molecular formula is C20H20O6. The van der Waals surface area contributed by atoms with Crippen LogP contribution in [0.3, 0.4) is 0 Å². The Labute approximate surface area is 151 Å². The maximum atomic E-state index is 13.3. The van der Waals surface area contributed by atoms with Gasteiger partial charge < -0.3 is 18.9 Å². The average molecular weight is 356 g/mol. The average Bonchev–Trinajstić information content (AvgIpc) is 3.39. The summed E-state index contributed by atoms with van der Waals surface area (Å²) in [5, 5.41) is 0. The van der Waals surface area contributed by atoms with E-state index < -0.39 is 17.9 Å². The van der Waals surface area contributed by atoms with Crippen LogP contribution in [-0.4, -0.2) is 49.6 Å². The minimum atomic E-state index is -0.837. The van der Waals surface area contributed by atoms with E-state index in [0.717, 1.165) is 5.56 Å². The fourth-order valence-electron chi connectivity index (χ4n) is 4.96. The van der Waals surface area contributed by atoms with Crippen LogP contribution in [-0.2, 0) is 28.5 Å². The summed E-state index contributed by atoms with van der Waals surface area (Å²) in [6.07, 6.45) is -0.214. The van der Waals surface area contributed by atoms with Gasteiger partial charge in [0, 0.05) is 17.9 Å². The van der Waals surface area contributed by atoms with Crippen molar-refractivity contribution in [2.24, 2.45) is 11.8 Å². The van der Waals surface area contributed by atoms with Crippen LogP contribution in [0.25, 0.3) is 5.57 Å². The summed E-state index contributed by atoms with van der Waals surface area (Å²) in [5.41, 5.74) is 1.63. The summed E-state index contributed by atoms with van der Waals surface area (Å²) < 4.78 is 23.1. The first kappa shape index (κ1) is 16.2. The van der Waals surface area contributed by atoms with Crippen LogP contribution in [0.5, 0.6) is 0 Å². The van der Waals surface area contributed by atoms with Gasteiger partial charge in [-0.3, -0.25) is 4.79 Å². The van der Waals surface area contributed by atoms with Crippen LogP contribution in [0.15, 0.2) is 35.9 Å². The molecule has 6 heteroatoms. The molecule has 136 valence electrons. The van der Waals surface area contributed by atoms with E-state index in [1.807, 2.05) is 30.3 Å². The van der Waals surface area contributed by atoms with Crippen LogP contribution in [0.1, 0.15) is 18.9 Å². The number of benzene rings is 1. The molecule has 3 saturated heterocycles. The predicted molar refractivity (Wildman–Crippen MR) is 89.9 cm³/mol. The van der Waals surface area contributed by atoms with Crippen molar-refractivity contribution in [2.45, 2.75) is 31.3 Å². The molecular weight excluding hydrogens is 336 g/mol. The Hall–Kier alpha value is -2.02. The second-order valence-electron chi connectivity index (χ2n) is 7.10. The molecule has 3 aliphatic heterocycles. The van der Waals surface area contributed by atoms with Gasteiger partial charge in [-0.2, -0.15) is 0 Å². The lowest BCUT2D eigenvalue weighted by Gasteiger charge is -2.35. The molecule has 0 radical (unpaired) electrons. The zero-order chi connectivity index (χ0) is 17.9. The zero-order valence-electron chi connectivity index (χ0n) is 14.5. The summed E-state index contributed by atoms with van der Waals surface area (Å²) in [6.45, 7) is 3.02. The number of rotatable bonds is 3. The van der Waals surface area contributed by atoms with Crippen molar-refractivity contribution in [3.8, 4) is 0 Å². The van der Waals surface area contributed by atoms with Crippen LogP contribution in [0, 0.1) is 11.8 Å². The van der Waals surface area contributed by atoms with Crippen molar-refractivity contribution in [2.75, 3.05) is 19.8 Å². The Kier molecular flexibility index (Phi) is 3.57. The molecule has 6 nitrogen and oxygen atoms in total. The van der Waals surface area contributed by atoms with Gasteiger partial charge in [0.25, 0.3) is 0 Å². The van der Waals surface area contributed by atoms with Crippen molar-refractivity contribution in [1.29, 1.82) is 0 Å². The third-order valence-electron chi connectivity index (χ3n) is 5.84. The van der Waals surface area contributed by atoms with Gasteiger partial charge in [0.15, 0.2) is 11.6 Å². The van der Waals surface area contributed by atoms with Gasteiger partial charge in [-0.25, -0.2) is 4.79 Å². The van der Waals surface area contributed by atoms with Crippen molar-refractivity contribution in [3.05, 3.63) is 41.5 Å². The van der Waals surface area contributed by atoms with Gasteiger partial charge >= 0.3 is 5.97 Å². The molecule has 0 aromatic heterocycles. The highest BCUT2D eigenvalue weighted by Gasteiger charge is 2.70. The number of esters is 1. The predicted octanol–water partition coefficient (Wildman–Crippen LogP) is 1.73. The normalized spacial score (nSPS) is 34.0. The summed E-state index contributed by atoms with van der Waals surface area (Å²) in [6, 6.07) is 9.32. The number of allylic oxidation sites excluding steroid dienone is 1. The van der Waals surface area contributed by atoms with E-state index in [4.69, 9.17) is 18.9 Å². The Morgan fingerprint density at radius 1 is 1.19 bits per heavy atom.